The van der Waals surface area contributed by atoms with Gasteiger partial charge in [-0.1, -0.05) is 55.7 Å². The van der Waals surface area contributed by atoms with Crippen LogP contribution in [0, 0.1) is 11.8 Å². The first-order chi connectivity index (χ1) is 35.3. The number of anilines is 5. The number of hydrogen-bond acceptors (Lipinski definition) is 13. The molecule has 1 unspecified atom stereocenters. The zero-order valence-electron chi connectivity index (χ0n) is 41.9. The fourth-order valence-corrected chi connectivity index (χ4v) is 11.6. The largest absolute Gasteiger partial charge is 0.492 e. The topological polar surface area (TPSA) is 198 Å². The standard InChI is InChI=1S/C54H64N10O8S/c1-4-72-47-34-38(21-22-43(47)56-54-55-35-46-49(58-54)64(73(3,70)71)44-20-13-12-18-41(44)52(68)59(46)2)51(67)62-28-25-39(26-29-62)61-32-30-60(31-33-61)27-14-10-8-6-5-7-9-11-16-37-17-15-19-40-42(37)36-63(53(40)69)45-23-24-48(65)57-50(45)66/h12-13,15,17-22,34-35,39,45H,4-10,14,23-33,36H2,1-3H3,(H,55,56,58)(H,57,65,66). The van der Waals surface area contributed by atoms with E-state index in [1.54, 1.807) is 60.5 Å². The van der Waals surface area contributed by atoms with Crippen LogP contribution in [0.3, 0.4) is 0 Å². The van der Waals surface area contributed by atoms with Crippen molar-refractivity contribution in [2.45, 2.75) is 96.2 Å². The van der Waals surface area contributed by atoms with Crippen LogP contribution in [-0.2, 0) is 26.2 Å². The van der Waals surface area contributed by atoms with E-state index in [4.69, 9.17) is 4.74 Å². The van der Waals surface area contributed by atoms with Gasteiger partial charge < -0.3 is 29.7 Å². The van der Waals surface area contributed by atoms with Crippen LogP contribution in [0.1, 0.15) is 120 Å². The van der Waals surface area contributed by atoms with E-state index in [1.807, 2.05) is 24.0 Å². The number of unbranched alkanes of at least 4 members (excludes halogenated alkanes) is 6. The Morgan fingerprint density at radius 2 is 1.59 bits per heavy atom. The fourth-order valence-electron chi connectivity index (χ4n) is 10.6. The van der Waals surface area contributed by atoms with E-state index in [2.05, 4.69) is 42.2 Å². The van der Waals surface area contributed by atoms with Crippen molar-refractivity contribution in [3.8, 4) is 17.6 Å². The van der Waals surface area contributed by atoms with Crippen molar-refractivity contribution in [2.75, 3.05) is 80.2 Å². The molecule has 5 amide bonds. The third-order valence-electron chi connectivity index (χ3n) is 14.6. The molecule has 5 aliphatic heterocycles. The van der Waals surface area contributed by atoms with Gasteiger partial charge in [-0.05, 0) is 93.6 Å². The summed E-state index contributed by atoms with van der Waals surface area (Å²) in [5.74, 6) is 5.78. The molecule has 4 aromatic rings. The molecule has 1 aromatic heterocycles. The zero-order valence-corrected chi connectivity index (χ0v) is 42.7. The number of amides is 5. The lowest BCUT2D eigenvalue weighted by molar-refractivity contribution is -0.136. The molecule has 1 atom stereocenters. The Hall–Kier alpha value is -6.88. The molecule has 2 N–H and O–H groups in total. The molecule has 0 saturated carbocycles. The Labute approximate surface area is 427 Å². The second-order valence-electron chi connectivity index (χ2n) is 19.4. The van der Waals surface area contributed by atoms with E-state index in [1.165, 1.54) is 36.8 Å². The molecule has 5 aliphatic rings. The van der Waals surface area contributed by atoms with Crippen LogP contribution < -0.4 is 24.6 Å². The highest BCUT2D eigenvalue weighted by molar-refractivity contribution is 7.92. The lowest BCUT2D eigenvalue weighted by atomic mass is 10.0. The molecule has 9 rings (SSSR count). The Kier molecular flexibility index (Phi) is 15.7. The molecule has 73 heavy (non-hydrogen) atoms. The van der Waals surface area contributed by atoms with Crippen LogP contribution in [0.5, 0.6) is 5.75 Å². The summed E-state index contributed by atoms with van der Waals surface area (Å²) in [5.41, 5.74) is 3.91. The smallest absolute Gasteiger partial charge is 0.260 e. The number of imide groups is 1. The van der Waals surface area contributed by atoms with Crippen molar-refractivity contribution >= 4 is 68.4 Å². The number of rotatable bonds is 16. The van der Waals surface area contributed by atoms with Crippen molar-refractivity contribution < 1.29 is 37.1 Å². The van der Waals surface area contributed by atoms with Gasteiger partial charge in [0.15, 0.2) is 5.82 Å². The molecular weight excluding hydrogens is 949 g/mol. The van der Waals surface area contributed by atoms with Gasteiger partial charge in [-0.3, -0.25) is 34.2 Å². The molecule has 0 spiro atoms. The summed E-state index contributed by atoms with van der Waals surface area (Å²) in [5, 5.41) is 5.52. The third-order valence-corrected chi connectivity index (χ3v) is 15.6. The highest BCUT2D eigenvalue weighted by Crippen LogP contribution is 2.41. The number of benzene rings is 3. The normalized spacial score (nSPS) is 18.6. The van der Waals surface area contributed by atoms with E-state index in [0.717, 1.165) is 86.5 Å². The van der Waals surface area contributed by atoms with Gasteiger partial charge in [-0.25, -0.2) is 17.7 Å². The average Bonchev–Trinajstić information content (AvgIpc) is 3.68. The average molecular weight is 1010 g/mol. The van der Waals surface area contributed by atoms with Gasteiger partial charge in [0.05, 0.1) is 36.0 Å². The molecule has 19 heteroatoms. The summed E-state index contributed by atoms with van der Waals surface area (Å²) >= 11 is 0. The van der Waals surface area contributed by atoms with Crippen molar-refractivity contribution in [3.63, 3.8) is 0 Å². The number of carbonyl (C=O) groups excluding carboxylic acids is 5. The first kappa shape index (κ1) is 51.0. The Morgan fingerprint density at radius 3 is 2.34 bits per heavy atom. The lowest BCUT2D eigenvalue weighted by Gasteiger charge is -2.42. The van der Waals surface area contributed by atoms with E-state index in [-0.39, 0.29) is 52.8 Å². The Morgan fingerprint density at radius 1 is 0.849 bits per heavy atom. The van der Waals surface area contributed by atoms with E-state index in [0.29, 0.717) is 61.3 Å². The van der Waals surface area contributed by atoms with Gasteiger partial charge >= 0.3 is 0 Å². The van der Waals surface area contributed by atoms with E-state index < -0.39 is 27.9 Å². The van der Waals surface area contributed by atoms with Crippen LogP contribution in [-0.4, -0.2) is 145 Å². The maximum atomic E-state index is 13.9. The van der Waals surface area contributed by atoms with E-state index in [9.17, 15) is 32.4 Å². The fraction of sp³-hybridized carbons (Fsp3) is 0.463. The summed E-state index contributed by atoms with van der Waals surface area (Å²) in [6, 6.07) is 17.1. The lowest BCUT2D eigenvalue weighted by Crippen LogP contribution is -2.53. The predicted molar refractivity (Wildman–Crippen MR) is 278 cm³/mol. The predicted octanol–water partition coefficient (Wildman–Crippen LogP) is 6.07. The minimum absolute atomic E-state index is 0.0192. The molecule has 18 nitrogen and oxygen atoms in total. The molecule has 3 saturated heterocycles. The van der Waals surface area contributed by atoms with Crippen LogP contribution in [0.15, 0.2) is 66.9 Å². The van der Waals surface area contributed by atoms with Crippen molar-refractivity contribution in [1.82, 2.24) is 34.9 Å². The molecule has 384 valence electrons. The van der Waals surface area contributed by atoms with Crippen molar-refractivity contribution in [2.24, 2.45) is 0 Å². The Bertz CT molecular complexity index is 2940. The maximum Gasteiger partial charge on any atom is 0.260 e. The van der Waals surface area contributed by atoms with Crippen LogP contribution in [0.4, 0.5) is 28.8 Å². The number of sulfonamides is 1. The number of likely N-dealkylation sites (tertiary alicyclic amines) is 1. The summed E-state index contributed by atoms with van der Waals surface area (Å²) in [7, 11) is -2.39. The van der Waals surface area contributed by atoms with E-state index >= 15 is 0 Å². The molecule has 3 fully saturated rings. The second kappa shape index (κ2) is 22.5. The van der Waals surface area contributed by atoms with Crippen LogP contribution >= 0.6 is 0 Å². The molecule has 0 bridgehead atoms. The molecular formula is C54H64N10O8S. The highest BCUT2D eigenvalue weighted by Gasteiger charge is 2.40. The summed E-state index contributed by atoms with van der Waals surface area (Å²) in [6.07, 6.45) is 12.6. The van der Waals surface area contributed by atoms with Crippen molar-refractivity contribution in [1.29, 1.82) is 0 Å². The number of fused-ring (bicyclic) bond motifs is 3. The highest BCUT2D eigenvalue weighted by atomic mass is 32.2. The zero-order chi connectivity index (χ0) is 51.2. The maximum absolute atomic E-state index is 13.9. The first-order valence-corrected chi connectivity index (χ1v) is 27.4. The number of aromatic nitrogens is 2. The van der Waals surface area contributed by atoms with Gasteiger partial charge in [0, 0.05) is 88.4 Å². The number of hydrogen-bond donors (Lipinski definition) is 2. The second-order valence-corrected chi connectivity index (χ2v) is 21.2. The first-order valence-electron chi connectivity index (χ1n) is 25.6. The van der Waals surface area contributed by atoms with Gasteiger partial charge in [-0.15, -0.1) is 0 Å². The number of nitrogens with one attached hydrogen (secondary N) is 2. The summed E-state index contributed by atoms with van der Waals surface area (Å²) < 4.78 is 33.5. The monoisotopic (exact) mass is 1010 g/mol. The van der Waals surface area contributed by atoms with Crippen LogP contribution in [0.25, 0.3) is 0 Å². The number of carbonyl (C=O) groups is 5. The molecule has 3 aromatic carbocycles. The molecule has 6 heterocycles. The number of para-hydroxylation sites is 1. The quantitative estimate of drug-likeness (QED) is 0.0746. The SMILES string of the molecule is CCOc1cc(C(=O)N2CCC(N3CCN(CCCCCCCCC#Cc4cccc5c4CN(C4CCC(=O)NC4=O)C5=O)CC3)CC2)ccc1Nc1ncc2c(n1)N(S(C)(=O)=O)c1ccccc1C(=O)N2C. The number of piperidine rings is 2. The minimum atomic E-state index is -3.94. The molecule has 0 radical (unpaired) electrons. The van der Waals surface area contributed by atoms with Crippen molar-refractivity contribution in [3.05, 3.63) is 94.7 Å². The minimum Gasteiger partial charge on any atom is -0.492 e. The van der Waals surface area contributed by atoms with Gasteiger partial charge in [0.25, 0.3) is 17.7 Å². The van der Waals surface area contributed by atoms with Gasteiger partial charge in [-0.2, -0.15) is 4.98 Å². The Balaban J connectivity index is 0.682. The van der Waals surface area contributed by atoms with Crippen LogP contribution in [0.2, 0.25) is 0 Å². The number of ether oxygens (including phenoxy) is 1. The number of piperazine rings is 1. The summed E-state index contributed by atoms with van der Waals surface area (Å²) in [4.78, 5) is 83.5. The molecule has 0 aliphatic carbocycles. The number of nitrogens with zero attached hydrogens (tertiary/aromatic N) is 8. The van der Waals surface area contributed by atoms with Gasteiger partial charge in [0.2, 0.25) is 27.8 Å². The third kappa shape index (κ3) is 11.4. The van der Waals surface area contributed by atoms with Gasteiger partial charge in [0.1, 0.15) is 17.5 Å². The summed E-state index contributed by atoms with van der Waals surface area (Å²) in [6.45, 7) is 9.17.